The summed E-state index contributed by atoms with van der Waals surface area (Å²) in [5, 5.41) is 6.85. The van der Waals surface area contributed by atoms with Gasteiger partial charge in [-0.05, 0) is 87.6 Å². The van der Waals surface area contributed by atoms with E-state index in [0.717, 1.165) is 55.5 Å². The summed E-state index contributed by atoms with van der Waals surface area (Å²) in [5.74, 6) is 4.79. The predicted octanol–water partition coefficient (Wildman–Crippen LogP) is 2.71. The molecule has 0 spiro atoms. The number of rotatable bonds is 4. The Morgan fingerprint density at radius 1 is 1.05 bits per heavy atom. The van der Waals surface area contributed by atoms with Crippen molar-refractivity contribution >= 4 is 5.91 Å². The summed E-state index contributed by atoms with van der Waals surface area (Å²) in [4.78, 5) is 12.3. The van der Waals surface area contributed by atoms with E-state index in [2.05, 4.69) is 10.6 Å². The highest BCUT2D eigenvalue weighted by Gasteiger charge is 2.53. The van der Waals surface area contributed by atoms with Gasteiger partial charge in [0.1, 0.15) is 0 Å². The van der Waals surface area contributed by atoms with Gasteiger partial charge in [-0.3, -0.25) is 4.79 Å². The molecule has 4 aliphatic rings. The first-order chi connectivity index (χ1) is 10.3. The third kappa shape index (κ3) is 2.74. The maximum Gasteiger partial charge on any atom is 0.220 e. The Bertz CT molecular complexity index is 391. The monoisotopic (exact) mass is 290 g/mol. The van der Waals surface area contributed by atoms with Gasteiger partial charge in [-0.1, -0.05) is 6.42 Å². The van der Waals surface area contributed by atoms with E-state index in [4.69, 9.17) is 0 Å². The minimum absolute atomic E-state index is 0.327. The van der Waals surface area contributed by atoms with Crippen molar-refractivity contribution in [1.82, 2.24) is 10.6 Å². The Kier molecular flexibility index (Phi) is 3.95. The minimum Gasteiger partial charge on any atom is -0.353 e. The molecule has 0 radical (unpaired) electrons. The summed E-state index contributed by atoms with van der Waals surface area (Å²) >= 11 is 0. The molecule has 2 bridgehead atoms. The van der Waals surface area contributed by atoms with Crippen molar-refractivity contribution in [3.8, 4) is 0 Å². The normalized spacial score (nSPS) is 44.8. The van der Waals surface area contributed by atoms with Gasteiger partial charge in [0.2, 0.25) is 5.91 Å². The molecule has 2 N–H and O–H groups in total. The lowest BCUT2D eigenvalue weighted by Crippen LogP contribution is -2.42. The zero-order chi connectivity index (χ0) is 14.2. The lowest BCUT2D eigenvalue weighted by Gasteiger charge is -2.32. The van der Waals surface area contributed by atoms with Crippen LogP contribution >= 0.6 is 0 Å². The molecule has 21 heavy (non-hydrogen) atoms. The average molecular weight is 290 g/mol. The van der Waals surface area contributed by atoms with Crippen LogP contribution in [0.25, 0.3) is 0 Å². The number of fused-ring (bicyclic) bond motifs is 5. The standard InChI is InChI=1S/C18H30N2O/c21-18(7-6-12-3-2-8-19-11-12)20-17-10-13-9-16(17)15-5-1-4-14(13)15/h12-17,19H,1-11H2,(H,20,21). The van der Waals surface area contributed by atoms with Crippen LogP contribution in [0.15, 0.2) is 0 Å². The molecule has 1 aliphatic heterocycles. The molecule has 4 rings (SSSR count). The zero-order valence-corrected chi connectivity index (χ0v) is 13.2. The quantitative estimate of drug-likeness (QED) is 0.836. The molecule has 1 amide bonds. The Labute approximate surface area is 128 Å². The maximum atomic E-state index is 12.3. The van der Waals surface area contributed by atoms with Gasteiger partial charge in [-0.2, -0.15) is 0 Å². The first-order valence-corrected chi connectivity index (χ1v) is 9.31. The van der Waals surface area contributed by atoms with E-state index in [9.17, 15) is 4.79 Å². The molecular weight excluding hydrogens is 260 g/mol. The second-order valence-corrected chi connectivity index (χ2v) is 8.08. The number of nitrogens with one attached hydrogen (secondary N) is 2. The average Bonchev–Trinajstić information content (AvgIpc) is 3.18. The fourth-order valence-electron chi connectivity index (χ4n) is 6.02. The van der Waals surface area contributed by atoms with Crippen LogP contribution in [-0.4, -0.2) is 25.0 Å². The van der Waals surface area contributed by atoms with E-state index < -0.39 is 0 Å². The minimum atomic E-state index is 0.327. The highest BCUT2D eigenvalue weighted by atomic mass is 16.1. The van der Waals surface area contributed by atoms with Crippen LogP contribution in [0.2, 0.25) is 0 Å². The summed E-state index contributed by atoms with van der Waals surface area (Å²) in [5.41, 5.74) is 0. The molecule has 1 saturated heterocycles. The number of carbonyl (C=O) groups excluding carboxylic acids is 1. The van der Waals surface area contributed by atoms with E-state index in [1.807, 2.05) is 0 Å². The molecule has 118 valence electrons. The Balaban J connectivity index is 1.24. The fraction of sp³-hybridized carbons (Fsp3) is 0.944. The van der Waals surface area contributed by atoms with Crippen LogP contribution in [0, 0.1) is 29.6 Å². The molecule has 0 aromatic heterocycles. The predicted molar refractivity (Wildman–Crippen MR) is 83.8 cm³/mol. The SMILES string of the molecule is O=C(CCC1CCCNC1)NC1CC2CC1C1CCCC21. The van der Waals surface area contributed by atoms with E-state index in [1.54, 1.807) is 0 Å². The number of hydrogen-bond donors (Lipinski definition) is 2. The topological polar surface area (TPSA) is 41.1 Å². The second kappa shape index (κ2) is 5.91. The number of carbonyl (C=O) groups is 1. The Morgan fingerprint density at radius 2 is 1.95 bits per heavy atom. The summed E-state index contributed by atoms with van der Waals surface area (Å²) < 4.78 is 0. The molecule has 3 saturated carbocycles. The maximum absolute atomic E-state index is 12.3. The number of amides is 1. The largest absolute Gasteiger partial charge is 0.353 e. The van der Waals surface area contributed by atoms with Crippen LogP contribution in [0.3, 0.4) is 0 Å². The summed E-state index contributed by atoms with van der Waals surface area (Å²) in [6, 6.07) is 0.520. The van der Waals surface area contributed by atoms with Crippen LogP contribution in [0.4, 0.5) is 0 Å². The van der Waals surface area contributed by atoms with Crippen LogP contribution in [0.5, 0.6) is 0 Å². The molecule has 0 aromatic carbocycles. The molecular formula is C18H30N2O. The third-order valence-electron chi connectivity index (χ3n) is 6.95. The van der Waals surface area contributed by atoms with Gasteiger partial charge in [-0.25, -0.2) is 0 Å². The molecule has 6 atom stereocenters. The van der Waals surface area contributed by atoms with Gasteiger partial charge < -0.3 is 10.6 Å². The van der Waals surface area contributed by atoms with Gasteiger partial charge >= 0.3 is 0 Å². The highest BCUT2D eigenvalue weighted by molar-refractivity contribution is 5.76. The fourth-order valence-corrected chi connectivity index (χ4v) is 6.02. The second-order valence-electron chi connectivity index (χ2n) is 8.08. The van der Waals surface area contributed by atoms with Crippen molar-refractivity contribution in [3.05, 3.63) is 0 Å². The summed E-state index contributed by atoms with van der Waals surface area (Å²) in [6.07, 6.45) is 11.4. The van der Waals surface area contributed by atoms with Crippen molar-refractivity contribution < 1.29 is 4.79 Å². The molecule has 3 aliphatic carbocycles. The van der Waals surface area contributed by atoms with E-state index in [0.29, 0.717) is 11.9 Å². The van der Waals surface area contributed by atoms with Gasteiger partial charge in [-0.15, -0.1) is 0 Å². The van der Waals surface area contributed by atoms with E-state index in [-0.39, 0.29) is 0 Å². The van der Waals surface area contributed by atoms with Crippen molar-refractivity contribution in [1.29, 1.82) is 0 Å². The van der Waals surface area contributed by atoms with Crippen LogP contribution in [-0.2, 0) is 4.79 Å². The van der Waals surface area contributed by atoms with Gasteiger partial charge in [0.15, 0.2) is 0 Å². The summed E-state index contributed by atoms with van der Waals surface area (Å²) in [7, 11) is 0. The number of hydrogen-bond acceptors (Lipinski definition) is 2. The molecule has 3 heteroatoms. The van der Waals surface area contributed by atoms with Crippen molar-refractivity contribution in [3.63, 3.8) is 0 Å². The van der Waals surface area contributed by atoms with Crippen molar-refractivity contribution in [2.24, 2.45) is 29.6 Å². The van der Waals surface area contributed by atoms with Gasteiger partial charge in [0.05, 0.1) is 0 Å². The Morgan fingerprint density at radius 3 is 2.81 bits per heavy atom. The molecule has 4 fully saturated rings. The lowest BCUT2D eigenvalue weighted by atomic mass is 9.79. The van der Waals surface area contributed by atoms with Crippen molar-refractivity contribution in [2.45, 2.75) is 63.8 Å². The lowest BCUT2D eigenvalue weighted by molar-refractivity contribution is -0.122. The Hall–Kier alpha value is -0.570. The van der Waals surface area contributed by atoms with Crippen LogP contribution in [0.1, 0.15) is 57.8 Å². The summed E-state index contributed by atoms with van der Waals surface area (Å²) in [6.45, 7) is 2.28. The van der Waals surface area contributed by atoms with Gasteiger partial charge in [0.25, 0.3) is 0 Å². The smallest absolute Gasteiger partial charge is 0.220 e. The highest BCUT2D eigenvalue weighted by Crippen LogP contribution is 2.58. The zero-order valence-electron chi connectivity index (χ0n) is 13.2. The van der Waals surface area contributed by atoms with E-state index >= 15 is 0 Å². The van der Waals surface area contributed by atoms with Gasteiger partial charge in [0, 0.05) is 12.5 Å². The molecule has 3 nitrogen and oxygen atoms in total. The first kappa shape index (κ1) is 14.0. The third-order valence-corrected chi connectivity index (χ3v) is 6.95. The van der Waals surface area contributed by atoms with Crippen LogP contribution < -0.4 is 10.6 Å². The molecule has 6 unspecified atom stereocenters. The van der Waals surface area contributed by atoms with E-state index in [1.165, 1.54) is 44.9 Å². The number of piperidine rings is 1. The first-order valence-electron chi connectivity index (χ1n) is 9.31. The molecule has 0 aromatic rings. The van der Waals surface area contributed by atoms with Crippen molar-refractivity contribution in [2.75, 3.05) is 13.1 Å². The molecule has 1 heterocycles.